The van der Waals surface area contributed by atoms with E-state index in [2.05, 4.69) is 0 Å². The Balaban J connectivity index is 1.53. The van der Waals surface area contributed by atoms with E-state index in [-0.39, 0.29) is 18.7 Å². The van der Waals surface area contributed by atoms with Gasteiger partial charge in [0.25, 0.3) is 0 Å². The van der Waals surface area contributed by atoms with E-state index in [1.807, 2.05) is 67.6 Å². The van der Waals surface area contributed by atoms with Gasteiger partial charge in [0.2, 0.25) is 0 Å². The van der Waals surface area contributed by atoms with Crippen molar-refractivity contribution in [3.63, 3.8) is 0 Å². The average Bonchev–Trinajstić information content (AvgIpc) is 3.25. The van der Waals surface area contributed by atoms with Gasteiger partial charge in [0, 0.05) is 6.08 Å². The van der Waals surface area contributed by atoms with E-state index >= 15 is 0 Å². The van der Waals surface area contributed by atoms with Gasteiger partial charge in [-0.15, -0.1) is 0 Å². The van der Waals surface area contributed by atoms with Crippen molar-refractivity contribution in [1.82, 2.24) is 0 Å². The summed E-state index contributed by atoms with van der Waals surface area (Å²) in [7, 11) is 0. The zero-order valence-electron chi connectivity index (χ0n) is 12.4. The maximum atomic E-state index is 11.8. The molecule has 0 spiro atoms. The van der Waals surface area contributed by atoms with Crippen molar-refractivity contribution < 1.29 is 14.3 Å². The van der Waals surface area contributed by atoms with Crippen LogP contribution in [-0.2, 0) is 20.9 Å². The second kappa shape index (κ2) is 6.16. The molecule has 3 rings (SSSR count). The largest absolute Gasteiger partial charge is 0.458 e. The summed E-state index contributed by atoms with van der Waals surface area (Å²) in [6.07, 6.45) is 3.23. The third-order valence-corrected chi connectivity index (χ3v) is 3.71. The van der Waals surface area contributed by atoms with Crippen LogP contribution in [0.15, 0.2) is 72.8 Å². The average molecular weight is 294 g/mol. The normalized spacial score (nSPS) is 23.4. The first-order valence-corrected chi connectivity index (χ1v) is 7.30. The predicted octanol–water partition coefficient (Wildman–Crippen LogP) is 3.82. The minimum Gasteiger partial charge on any atom is -0.458 e. The Labute approximate surface area is 130 Å². The number of benzene rings is 2. The molecular formula is C19H18O3. The molecule has 0 amide bonds. The van der Waals surface area contributed by atoms with Crippen molar-refractivity contribution in [3.05, 3.63) is 83.9 Å². The lowest BCUT2D eigenvalue weighted by atomic mass is 10.0. The molecule has 0 aliphatic carbocycles. The number of hydrogen-bond acceptors (Lipinski definition) is 3. The lowest BCUT2D eigenvalue weighted by molar-refractivity contribution is -0.139. The lowest BCUT2D eigenvalue weighted by Crippen LogP contribution is -2.05. The first-order valence-electron chi connectivity index (χ1n) is 7.30. The first kappa shape index (κ1) is 14.5. The summed E-state index contributed by atoms with van der Waals surface area (Å²) in [6, 6.07) is 19.6. The number of esters is 1. The molecule has 0 radical (unpaired) electrons. The van der Waals surface area contributed by atoms with Crippen LogP contribution in [0.25, 0.3) is 0 Å². The van der Waals surface area contributed by atoms with Crippen molar-refractivity contribution in [2.24, 2.45) is 0 Å². The Kier molecular flexibility index (Phi) is 4.07. The Morgan fingerprint density at radius 3 is 2.45 bits per heavy atom. The molecule has 1 fully saturated rings. The summed E-state index contributed by atoms with van der Waals surface area (Å²) >= 11 is 0. The molecule has 112 valence electrons. The van der Waals surface area contributed by atoms with Crippen LogP contribution in [0, 0.1) is 0 Å². The van der Waals surface area contributed by atoms with Gasteiger partial charge in [-0.05, 0) is 24.1 Å². The van der Waals surface area contributed by atoms with E-state index in [0.29, 0.717) is 0 Å². The van der Waals surface area contributed by atoms with Crippen molar-refractivity contribution in [2.75, 3.05) is 0 Å². The molecule has 2 aromatic carbocycles. The summed E-state index contributed by atoms with van der Waals surface area (Å²) in [4.78, 5) is 11.8. The molecule has 2 atom stereocenters. The monoisotopic (exact) mass is 294 g/mol. The SMILES string of the molecule is C[C@]1(/C=C/C(=O)OCc2ccccc2)O[C@@H]1c1ccccc1. The van der Waals surface area contributed by atoms with Gasteiger partial charge in [0.1, 0.15) is 18.3 Å². The minimum absolute atomic E-state index is 0.00636. The smallest absolute Gasteiger partial charge is 0.330 e. The number of ether oxygens (including phenoxy) is 2. The molecule has 22 heavy (non-hydrogen) atoms. The number of carbonyl (C=O) groups excluding carboxylic acids is 1. The highest BCUT2D eigenvalue weighted by Gasteiger charge is 2.51. The Hall–Kier alpha value is -2.39. The standard InChI is InChI=1S/C19H18O3/c1-19(18(22-19)16-10-6-3-7-11-16)13-12-17(20)21-14-15-8-4-2-5-9-15/h2-13,18H,14H2,1H3/b13-12+/t18-,19-/m1/s1. The fraction of sp³-hybridized carbons (Fsp3) is 0.211. The van der Waals surface area contributed by atoms with Crippen LogP contribution in [0.1, 0.15) is 24.2 Å². The maximum Gasteiger partial charge on any atom is 0.330 e. The van der Waals surface area contributed by atoms with E-state index in [1.54, 1.807) is 6.08 Å². The molecule has 1 aliphatic rings. The Morgan fingerprint density at radius 2 is 1.77 bits per heavy atom. The van der Waals surface area contributed by atoms with E-state index in [9.17, 15) is 4.79 Å². The predicted molar refractivity (Wildman–Crippen MR) is 84.1 cm³/mol. The van der Waals surface area contributed by atoms with Crippen LogP contribution >= 0.6 is 0 Å². The van der Waals surface area contributed by atoms with Gasteiger partial charge in [-0.1, -0.05) is 60.7 Å². The molecule has 1 heterocycles. The van der Waals surface area contributed by atoms with Gasteiger partial charge in [-0.25, -0.2) is 4.79 Å². The third kappa shape index (κ3) is 3.43. The summed E-state index contributed by atoms with van der Waals surface area (Å²) in [6.45, 7) is 2.25. The summed E-state index contributed by atoms with van der Waals surface area (Å²) in [5, 5.41) is 0. The zero-order valence-corrected chi connectivity index (χ0v) is 12.4. The van der Waals surface area contributed by atoms with Crippen molar-refractivity contribution in [1.29, 1.82) is 0 Å². The number of epoxide rings is 1. The fourth-order valence-electron chi connectivity index (χ4n) is 2.38. The second-order valence-corrected chi connectivity index (χ2v) is 5.52. The second-order valence-electron chi connectivity index (χ2n) is 5.52. The van der Waals surface area contributed by atoms with Crippen LogP contribution < -0.4 is 0 Å². The Bertz CT molecular complexity index is 664. The molecule has 1 aliphatic heterocycles. The van der Waals surface area contributed by atoms with Gasteiger partial charge in [0.05, 0.1) is 0 Å². The molecule has 0 N–H and O–H groups in total. The molecule has 1 saturated heterocycles. The quantitative estimate of drug-likeness (QED) is 0.478. The van der Waals surface area contributed by atoms with Gasteiger partial charge >= 0.3 is 5.97 Å². The molecular weight excluding hydrogens is 276 g/mol. The lowest BCUT2D eigenvalue weighted by Gasteiger charge is -2.02. The summed E-state index contributed by atoms with van der Waals surface area (Å²) in [5.74, 6) is -0.354. The molecule has 3 nitrogen and oxygen atoms in total. The number of rotatable bonds is 5. The van der Waals surface area contributed by atoms with Gasteiger partial charge in [0.15, 0.2) is 0 Å². The maximum absolute atomic E-state index is 11.8. The molecule has 3 heteroatoms. The zero-order chi connectivity index (χ0) is 15.4. The van der Waals surface area contributed by atoms with E-state index in [0.717, 1.165) is 11.1 Å². The first-order chi connectivity index (χ1) is 10.7. The molecule has 0 saturated carbocycles. The highest BCUT2D eigenvalue weighted by Crippen LogP contribution is 2.50. The van der Waals surface area contributed by atoms with Gasteiger partial charge < -0.3 is 9.47 Å². The van der Waals surface area contributed by atoms with Gasteiger partial charge in [-0.2, -0.15) is 0 Å². The minimum atomic E-state index is -0.423. The Morgan fingerprint density at radius 1 is 1.14 bits per heavy atom. The molecule has 0 aromatic heterocycles. The van der Waals surface area contributed by atoms with Gasteiger partial charge in [-0.3, -0.25) is 0 Å². The van der Waals surface area contributed by atoms with E-state index in [4.69, 9.17) is 9.47 Å². The van der Waals surface area contributed by atoms with Crippen LogP contribution in [-0.4, -0.2) is 11.6 Å². The highest BCUT2D eigenvalue weighted by atomic mass is 16.6. The van der Waals surface area contributed by atoms with E-state index in [1.165, 1.54) is 6.08 Å². The summed E-state index contributed by atoms with van der Waals surface area (Å²) in [5.41, 5.74) is 1.67. The number of hydrogen-bond donors (Lipinski definition) is 0. The van der Waals surface area contributed by atoms with Crippen molar-refractivity contribution in [3.8, 4) is 0 Å². The van der Waals surface area contributed by atoms with Crippen molar-refractivity contribution >= 4 is 5.97 Å². The highest BCUT2D eigenvalue weighted by molar-refractivity contribution is 5.82. The summed E-state index contributed by atoms with van der Waals surface area (Å²) < 4.78 is 10.9. The van der Waals surface area contributed by atoms with Crippen LogP contribution in [0.5, 0.6) is 0 Å². The van der Waals surface area contributed by atoms with E-state index < -0.39 is 5.60 Å². The number of carbonyl (C=O) groups is 1. The van der Waals surface area contributed by atoms with Crippen LogP contribution in [0.2, 0.25) is 0 Å². The fourth-order valence-corrected chi connectivity index (χ4v) is 2.38. The molecule has 0 bridgehead atoms. The van der Waals surface area contributed by atoms with Crippen LogP contribution in [0.4, 0.5) is 0 Å². The molecule has 0 unspecified atom stereocenters. The van der Waals surface area contributed by atoms with Crippen LogP contribution in [0.3, 0.4) is 0 Å². The third-order valence-electron chi connectivity index (χ3n) is 3.71. The van der Waals surface area contributed by atoms with Crippen molar-refractivity contribution in [2.45, 2.75) is 25.2 Å². The molecule has 2 aromatic rings. The topological polar surface area (TPSA) is 38.8 Å².